The average molecular weight is 346 g/mol. The molecule has 1 N–H and O–H groups in total. The van der Waals surface area contributed by atoms with Crippen molar-refractivity contribution in [2.24, 2.45) is 0 Å². The second kappa shape index (κ2) is 6.65. The highest BCUT2D eigenvalue weighted by Gasteiger charge is 2.04. The summed E-state index contributed by atoms with van der Waals surface area (Å²) in [5, 5.41) is 3.10. The predicted octanol–water partition coefficient (Wildman–Crippen LogP) is 4.80. The summed E-state index contributed by atoms with van der Waals surface area (Å²) in [5.41, 5.74) is 1.65. The molecule has 6 heteroatoms. The van der Waals surface area contributed by atoms with Crippen LogP contribution >= 0.6 is 15.9 Å². The minimum absolute atomic E-state index is 0.107. The standard InChI is InChI=1S/C14H11BrF3NO/c15-12-7-9(1-6-13(12)16)8-19-10-2-4-11(5-3-10)20-14(17)18/h1-7,14,19H,8H2. The lowest BCUT2D eigenvalue weighted by molar-refractivity contribution is -0.0498. The SMILES string of the molecule is Fc1ccc(CNc2ccc(OC(F)F)cc2)cc1Br. The Morgan fingerprint density at radius 2 is 1.80 bits per heavy atom. The van der Waals surface area contributed by atoms with Crippen LogP contribution in [0.25, 0.3) is 0 Å². The third-order valence-corrected chi connectivity index (χ3v) is 3.17. The zero-order valence-electron chi connectivity index (χ0n) is 10.2. The fraction of sp³-hybridized carbons (Fsp3) is 0.143. The number of nitrogens with one attached hydrogen (secondary N) is 1. The van der Waals surface area contributed by atoms with Crippen molar-refractivity contribution in [3.05, 3.63) is 58.3 Å². The van der Waals surface area contributed by atoms with Gasteiger partial charge in [-0.15, -0.1) is 0 Å². The first-order valence-electron chi connectivity index (χ1n) is 5.77. The maximum atomic E-state index is 13.1. The molecule has 0 heterocycles. The summed E-state index contributed by atoms with van der Waals surface area (Å²) in [5.74, 6) is -0.211. The lowest BCUT2D eigenvalue weighted by Gasteiger charge is -2.09. The molecule has 2 aromatic rings. The fourth-order valence-corrected chi connectivity index (χ4v) is 2.03. The van der Waals surface area contributed by atoms with Crippen molar-refractivity contribution in [3.63, 3.8) is 0 Å². The number of hydrogen-bond donors (Lipinski definition) is 1. The van der Waals surface area contributed by atoms with Crippen LogP contribution < -0.4 is 10.1 Å². The van der Waals surface area contributed by atoms with Gasteiger partial charge in [0.15, 0.2) is 0 Å². The van der Waals surface area contributed by atoms with E-state index >= 15 is 0 Å². The highest BCUT2D eigenvalue weighted by atomic mass is 79.9. The molecule has 0 aliphatic carbocycles. The van der Waals surface area contributed by atoms with Crippen LogP contribution in [0.3, 0.4) is 0 Å². The van der Waals surface area contributed by atoms with Crippen LogP contribution in [-0.4, -0.2) is 6.61 Å². The number of alkyl halides is 2. The van der Waals surface area contributed by atoms with E-state index in [2.05, 4.69) is 26.0 Å². The molecule has 2 rings (SSSR count). The molecule has 0 amide bonds. The maximum absolute atomic E-state index is 13.1. The summed E-state index contributed by atoms with van der Waals surface area (Å²) in [6, 6.07) is 10.9. The van der Waals surface area contributed by atoms with Crippen LogP contribution in [0.15, 0.2) is 46.9 Å². The van der Waals surface area contributed by atoms with E-state index < -0.39 is 6.61 Å². The predicted molar refractivity (Wildman–Crippen MR) is 74.5 cm³/mol. The van der Waals surface area contributed by atoms with E-state index in [4.69, 9.17) is 0 Å². The monoisotopic (exact) mass is 345 g/mol. The van der Waals surface area contributed by atoms with Gasteiger partial charge in [-0.1, -0.05) is 6.07 Å². The fourth-order valence-electron chi connectivity index (χ4n) is 1.61. The lowest BCUT2D eigenvalue weighted by Crippen LogP contribution is -2.02. The lowest BCUT2D eigenvalue weighted by atomic mass is 10.2. The Bertz CT molecular complexity index is 575. The van der Waals surface area contributed by atoms with Gasteiger partial charge >= 0.3 is 6.61 Å². The van der Waals surface area contributed by atoms with Crippen LogP contribution in [0.4, 0.5) is 18.9 Å². The van der Waals surface area contributed by atoms with E-state index in [1.54, 1.807) is 24.3 Å². The molecule has 0 radical (unpaired) electrons. The molecule has 0 saturated carbocycles. The third kappa shape index (κ3) is 4.16. The molecule has 0 unspecified atom stereocenters. The molecule has 2 nitrogen and oxygen atoms in total. The Morgan fingerprint density at radius 3 is 2.40 bits per heavy atom. The molecule has 0 bridgehead atoms. The number of ether oxygens (including phenoxy) is 1. The van der Waals surface area contributed by atoms with Crippen LogP contribution in [0.2, 0.25) is 0 Å². The minimum atomic E-state index is -2.83. The number of benzene rings is 2. The Balaban J connectivity index is 1.95. The normalized spacial score (nSPS) is 10.7. The van der Waals surface area contributed by atoms with Gasteiger partial charge in [-0.05, 0) is 57.9 Å². The highest BCUT2D eigenvalue weighted by Crippen LogP contribution is 2.20. The summed E-state index contributed by atoms with van der Waals surface area (Å²) in [4.78, 5) is 0. The summed E-state index contributed by atoms with van der Waals surface area (Å²) in [7, 11) is 0. The van der Waals surface area contributed by atoms with Gasteiger partial charge in [0.25, 0.3) is 0 Å². The first kappa shape index (κ1) is 14.7. The number of anilines is 1. The molecule has 106 valence electrons. The minimum Gasteiger partial charge on any atom is -0.435 e. The van der Waals surface area contributed by atoms with E-state index in [1.807, 2.05) is 0 Å². The Morgan fingerprint density at radius 1 is 1.10 bits per heavy atom. The maximum Gasteiger partial charge on any atom is 0.387 e. The number of halogens is 4. The van der Waals surface area contributed by atoms with E-state index in [9.17, 15) is 13.2 Å². The van der Waals surface area contributed by atoms with Crippen LogP contribution in [0.1, 0.15) is 5.56 Å². The van der Waals surface area contributed by atoms with Gasteiger partial charge in [-0.2, -0.15) is 8.78 Å². The van der Waals surface area contributed by atoms with E-state index in [-0.39, 0.29) is 11.6 Å². The van der Waals surface area contributed by atoms with Crippen molar-refractivity contribution < 1.29 is 17.9 Å². The van der Waals surface area contributed by atoms with Crippen LogP contribution in [-0.2, 0) is 6.54 Å². The molecule has 0 aromatic heterocycles. The molecular weight excluding hydrogens is 335 g/mol. The topological polar surface area (TPSA) is 21.3 Å². The van der Waals surface area contributed by atoms with E-state index in [0.717, 1.165) is 11.3 Å². The van der Waals surface area contributed by atoms with Crippen molar-refractivity contribution in [2.45, 2.75) is 13.2 Å². The number of rotatable bonds is 5. The first-order valence-corrected chi connectivity index (χ1v) is 6.56. The van der Waals surface area contributed by atoms with Gasteiger partial charge in [-0.25, -0.2) is 4.39 Å². The van der Waals surface area contributed by atoms with Crippen molar-refractivity contribution in [2.75, 3.05) is 5.32 Å². The second-order valence-corrected chi connectivity index (χ2v) is 4.86. The molecule has 0 aliphatic rings. The molecule has 0 aliphatic heterocycles. The van der Waals surface area contributed by atoms with Crippen molar-refractivity contribution >= 4 is 21.6 Å². The highest BCUT2D eigenvalue weighted by molar-refractivity contribution is 9.10. The van der Waals surface area contributed by atoms with Gasteiger partial charge < -0.3 is 10.1 Å². The molecule has 0 saturated heterocycles. The Hall–Kier alpha value is -1.69. The smallest absolute Gasteiger partial charge is 0.387 e. The molecule has 20 heavy (non-hydrogen) atoms. The van der Waals surface area contributed by atoms with Gasteiger partial charge in [0.2, 0.25) is 0 Å². The van der Waals surface area contributed by atoms with E-state index in [1.165, 1.54) is 18.2 Å². The first-order chi connectivity index (χ1) is 9.54. The Labute approximate surface area is 122 Å². The van der Waals surface area contributed by atoms with Crippen LogP contribution in [0, 0.1) is 5.82 Å². The summed E-state index contributed by atoms with van der Waals surface area (Å²) >= 11 is 3.11. The van der Waals surface area contributed by atoms with Gasteiger partial charge in [0, 0.05) is 12.2 Å². The second-order valence-electron chi connectivity index (χ2n) is 4.00. The van der Waals surface area contributed by atoms with Gasteiger partial charge in [0.05, 0.1) is 4.47 Å². The van der Waals surface area contributed by atoms with Gasteiger partial charge in [0.1, 0.15) is 11.6 Å². The molecular formula is C14H11BrF3NO. The molecule has 0 fully saturated rings. The number of hydrogen-bond acceptors (Lipinski definition) is 2. The average Bonchev–Trinajstić information content (AvgIpc) is 2.41. The molecule has 0 atom stereocenters. The summed E-state index contributed by atoms with van der Waals surface area (Å²) in [6.45, 7) is -2.33. The third-order valence-electron chi connectivity index (χ3n) is 2.56. The van der Waals surface area contributed by atoms with Crippen molar-refractivity contribution in [1.29, 1.82) is 0 Å². The van der Waals surface area contributed by atoms with Crippen molar-refractivity contribution in [3.8, 4) is 5.75 Å². The summed E-state index contributed by atoms with van der Waals surface area (Å²) < 4.78 is 41.7. The van der Waals surface area contributed by atoms with Gasteiger partial charge in [-0.3, -0.25) is 0 Å². The quantitative estimate of drug-likeness (QED) is 0.840. The Kier molecular flexibility index (Phi) is 4.89. The zero-order chi connectivity index (χ0) is 14.5. The van der Waals surface area contributed by atoms with Crippen LogP contribution in [0.5, 0.6) is 5.75 Å². The zero-order valence-corrected chi connectivity index (χ0v) is 11.8. The van der Waals surface area contributed by atoms with E-state index in [0.29, 0.717) is 11.0 Å². The van der Waals surface area contributed by atoms with Crippen molar-refractivity contribution in [1.82, 2.24) is 0 Å². The summed E-state index contributed by atoms with van der Waals surface area (Å²) in [6.07, 6.45) is 0. The molecule has 2 aromatic carbocycles. The largest absolute Gasteiger partial charge is 0.435 e. The molecule has 0 spiro atoms.